The summed E-state index contributed by atoms with van der Waals surface area (Å²) in [6.45, 7) is 0. The molecule has 0 aromatic heterocycles. The molecular weight excluding hydrogens is 448 g/mol. The van der Waals surface area contributed by atoms with Gasteiger partial charge in [0.2, 0.25) is 11.7 Å². The van der Waals surface area contributed by atoms with Crippen molar-refractivity contribution in [3.8, 4) is 0 Å². The number of rotatable bonds is 5. The summed E-state index contributed by atoms with van der Waals surface area (Å²) < 4.78 is 84.3. The quantitative estimate of drug-likeness (QED) is 0.327. The minimum absolute atomic E-state index is 0.385. The highest BCUT2D eigenvalue weighted by atomic mass is 79.9. The summed E-state index contributed by atoms with van der Waals surface area (Å²) in [5, 5.41) is 0. The van der Waals surface area contributed by atoms with Crippen LogP contribution in [-0.4, -0.2) is 14.1 Å². The molecular formula is C20H14BrF6N. The van der Waals surface area contributed by atoms with E-state index in [-0.39, 0.29) is 5.56 Å². The van der Waals surface area contributed by atoms with Crippen molar-refractivity contribution in [3.05, 3.63) is 87.4 Å². The van der Waals surface area contributed by atoms with Crippen LogP contribution in [0.3, 0.4) is 0 Å². The molecule has 28 heavy (non-hydrogen) atoms. The van der Waals surface area contributed by atoms with Crippen molar-refractivity contribution in [1.82, 2.24) is 0 Å². The SMILES string of the molecule is CN(C)c1ccc(/C(F)=C(F)/C(F)=C(F)/C(F)=C(\F)c2ccc(Br)cc2)cc1. The normalized spacial score (nSPS) is 14.2. The first-order chi connectivity index (χ1) is 13.1. The molecule has 0 aliphatic heterocycles. The maximum Gasteiger partial charge on any atom is 0.200 e. The van der Waals surface area contributed by atoms with E-state index >= 15 is 0 Å². The molecule has 0 amide bonds. The van der Waals surface area contributed by atoms with Gasteiger partial charge in [-0.3, -0.25) is 0 Å². The smallest absolute Gasteiger partial charge is 0.200 e. The van der Waals surface area contributed by atoms with Crippen LogP contribution in [0.2, 0.25) is 0 Å². The highest BCUT2D eigenvalue weighted by Crippen LogP contribution is 2.35. The lowest BCUT2D eigenvalue weighted by Crippen LogP contribution is -2.08. The van der Waals surface area contributed by atoms with Gasteiger partial charge in [-0.05, 0) is 36.4 Å². The maximum atomic E-state index is 14.1. The topological polar surface area (TPSA) is 3.24 Å². The second-order valence-electron chi connectivity index (χ2n) is 5.83. The van der Waals surface area contributed by atoms with E-state index in [1.165, 1.54) is 24.3 Å². The van der Waals surface area contributed by atoms with E-state index in [1.54, 1.807) is 19.0 Å². The summed E-state index contributed by atoms with van der Waals surface area (Å²) in [6, 6.07) is 10.0. The highest BCUT2D eigenvalue weighted by Gasteiger charge is 2.24. The summed E-state index contributed by atoms with van der Waals surface area (Å²) in [5.74, 6) is -13.0. The minimum atomic E-state index is -2.47. The molecule has 0 aliphatic carbocycles. The zero-order chi connectivity index (χ0) is 21.0. The Bertz CT molecular complexity index is 944. The zero-order valence-electron chi connectivity index (χ0n) is 14.7. The van der Waals surface area contributed by atoms with Gasteiger partial charge in [0, 0.05) is 35.4 Å². The third kappa shape index (κ3) is 4.86. The fourth-order valence-electron chi connectivity index (χ4n) is 2.14. The van der Waals surface area contributed by atoms with Gasteiger partial charge in [-0.25, -0.2) is 26.3 Å². The Morgan fingerprint density at radius 1 is 0.607 bits per heavy atom. The molecule has 0 spiro atoms. The average molecular weight is 462 g/mol. The van der Waals surface area contributed by atoms with Gasteiger partial charge in [0.05, 0.1) is 0 Å². The second kappa shape index (κ2) is 9.14. The summed E-state index contributed by atoms with van der Waals surface area (Å²) in [7, 11) is 3.43. The summed E-state index contributed by atoms with van der Waals surface area (Å²) >= 11 is 3.08. The zero-order valence-corrected chi connectivity index (χ0v) is 16.3. The molecule has 0 radical (unpaired) electrons. The highest BCUT2D eigenvalue weighted by molar-refractivity contribution is 9.10. The van der Waals surface area contributed by atoms with E-state index in [0.29, 0.717) is 10.2 Å². The molecule has 0 fully saturated rings. The molecule has 8 heteroatoms. The molecule has 0 saturated carbocycles. The summed E-state index contributed by atoms with van der Waals surface area (Å²) in [6.07, 6.45) is 0. The van der Waals surface area contributed by atoms with Crippen LogP contribution in [0.5, 0.6) is 0 Å². The Morgan fingerprint density at radius 2 is 0.964 bits per heavy atom. The molecule has 0 saturated heterocycles. The molecule has 0 aliphatic rings. The lowest BCUT2D eigenvalue weighted by Gasteiger charge is -2.12. The number of anilines is 1. The lowest BCUT2D eigenvalue weighted by molar-refractivity contribution is 0.461. The van der Waals surface area contributed by atoms with Crippen molar-refractivity contribution in [1.29, 1.82) is 0 Å². The van der Waals surface area contributed by atoms with Crippen molar-refractivity contribution in [2.45, 2.75) is 0 Å². The second-order valence-corrected chi connectivity index (χ2v) is 6.75. The largest absolute Gasteiger partial charge is 0.378 e. The van der Waals surface area contributed by atoms with Crippen LogP contribution in [0, 0.1) is 0 Å². The number of nitrogens with zero attached hydrogens (tertiary/aromatic N) is 1. The van der Waals surface area contributed by atoms with Crippen LogP contribution in [0.4, 0.5) is 32.0 Å². The summed E-state index contributed by atoms with van der Waals surface area (Å²) in [5.41, 5.74) is -0.124. The Hall–Kier alpha value is -2.48. The van der Waals surface area contributed by atoms with E-state index in [1.807, 2.05) is 0 Å². The van der Waals surface area contributed by atoms with Gasteiger partial charge in [0.1, 0.15) is 0 Å². The van der Waals surface area contributed by atoms with Crippen LogP contribution in [0.25, 0.3) is 11.7 Å². The Kier molecular flexibility index (Phi) is 7.12. The molecule has 0 atom stereocenters. The van der Waals surface area contributed by atoms with Crippen molar-refractivity contribution >= 4 is 33.3 Å². The standard InChI is InChI=1S/C20H14BrF6N/c1-28(2)14-9-5-12(6-10-14)16(23)18(25)20(27)19(26)17(24)15(22)11-3-7-13(21)8-4-11/h3-10H,1-2H3/b17-15+,18-16+,20-19+. The lowest BCUT2D eigenvalue weighted by atomic mass is 10.1. The van der Waals surface area contributed by atoms with Gasteiger partial charge in [-0.2, -0.15) is 0 Å². The molecule has 148 valence electrons. The minimum Gasteiger partial charge on any atom is -0.378 e. The van der Waals surface area contributed by atoms with Crippen molar-refractivity contribution in [3.63, 3.8) is 0 Å². The molecule has 0 bridgehead atoms. The predicted octanol–water partition coefficient (Wildman–Crippen LogP) is 7.58. The van der Waals surface area contributed by atoms with Crippen LogP contribution in [0.15, 0.2) is 76.3 Å². The van der Waals surface area contributed by atoms with E-state index in [4.69, 9.17) is 0 Å². The monoisotopic (exact) mass is 461 g/mol. The van der Waals surface area contributed by atoms with Crippen LogP contribution in [-0.2, 0) is 0 Å². The van der Waals surface area contributed by atoms with Crippen molar-refractivity contribution in [2.24, 2.45) is 0 Å². The Balaban J connectivity index is 2.43. The van der Waals surface area contributed by atoms with E-state index in [2.05, 4.69) is 15.9 Å². The van der Waals surface area contributed by atoms with Crippen LogP contribution in [0.1, 0.15) is 11.1 Å². The first kappa shape index (κ1) is 21.8. The molecule has 0 unspecified atom stereocenters. The molecule has 2 rings (SSSR count). The number of benzene rings is 2. The van der Waals surface area contributed by atoms with Gasteiger partial charge < -0.3 is 4.90 Å². The molecule has 2 aromatic carbocycles. The number of halogens is 7. The third-order valence-electron chi connectivity index (χ3n) is 3.70. The maximum absolute atomic E-state index is 14.1. The Labute approximate surface area is 166 Å². The molecule has 0 N–H and O–H groups in total. The van der Waals surface area contributed by atoms with Gasteiger partial charge in [0.15, 0.2) is 23.3 Å². The fourth-order valence-corrected chi connectivity index (χ4v) is 2.41. The number of hydrogen-bond acceptors (Lipinski definition) is 1. The van der Waals surface area contributed by atoms with Gasteiger partial charge in [-0.1, -0.05) is 28.1 Å². The van der Waals surface area contributed by atoms with E-state index in [0.717, 1.165) is 24.3 Å². The number of hydrogen-bond donors (Lipinski definition) is 0. The molecule has 1 nitrogen and oxygen atoms in total. The fraction of sp³-hybridized carbons (Fsp3) is 0.100. The van der Waals surface area contributed by atoms with Crippen LogP contribution < -0.4 is 4.90 Å². The van der Waals surface area contributed by atoms with Gasteiger partial charge in [0.25, 0.3) is 0 Å². The average Bonchev–Trinajstić information content (AvgIpc) is 2.71. The van der Waals surface area contributed by atoms with E-state index in [9.17, 15) is 26.3 Å². The first-order valence-corrected chi connectivity index (χ1v) is 8.63. The number of allylic oxidation sites excluding steroid dienone is 4. The first-order valence-electron chi connectivity index (χ1n) is 7.83. The van der Waals surface area contributed by atoms with Crippen molar-refractivity contribution < 1.29 is 26.3 Å². The third-order valence-corrected chi connectivity index (χ3v) is 4.23. The van der Waals surface area contributed by atoms with Crippen LogP contribution >= 0.6 is 15.9 Å². The predicted molar refractivity (Wildman–Crippen MR) is 102 cm³/mol. The van der Waals surface area contributed by atoms with Gasteiger partial charge in [-0.15, -0.1) is 0 Å². The van der Waals surface area contributed by atoms with Gasteiger partial charge >= 0.3 is 0 Å². The van der Waals surface area contributed by atoms with E-state index < -0.39 is 40.5 Å². The molecule has 0 heterocycles. The van der Waals surface area contributed by atoms with Crippen molar-refractivity contribution in [2.75, 3.05) is 19.0 Å². The molecule has 2 aromatic rings. The Morgan fingerprint density at radius 3 is 1.32 bits per heavy atom. The summed E-state index contributed by atoms with van der Waals surface area (Å²) in [4.78, 5) is 1.69.